The van der Waals surface area contributed by atoms with Crippen LogP contribution in [0.25, 0.3) is 60.6 Å². The van der Waals surface area contributed by atoms with Crippen LogP contribution in [0, 0.1) is 0 Å². The van der Waals surface area contributed by atoms with Gasteiger partial charge in [0.15, 0.2) is 0 Å². The minimum absolute atomic E-state index is 0.374. The van der Waals surface area contributed by atoms with Crippen LogP contribution < -0.4 is 0 Å². The summed E-state index contributed by atoms with van der Waals surface area (Å²) in [6.07, 6.45) is 62.9. The van der Waals surface area contributed by atoms with Gasteiger partial charge in [-0.15, -0.1) is 45.3 Å². The second-order valence-corrected chi connectivity index (χ2v) is 50.5. The van der Waals surface area contributed by atoms with E-state index >= 15 is 0 Å². The Hall–Kier alpha value is -6.36. The molecule has 0 atom stereocenters. The number of hydrogen-bond donors (Lipinski definition) is 0. The van der Waals surface area contributed by atoms with Crippen molar-refractivity contribution in [3.63, 3.8) is 0 Å². The van der Waals surface area contributed by atoms with Gasteiger partial charge in [-0.2, -0.15) is 0 Å². The molecule has 0 unspecified atom stereocenters. The monoisotopic (exact) mass is 2340 g/mol. The van der Waals surface area contributed by atoms with Crippen LogP contribution in [0.5, 0.6) is 0 Å². The van der Waals surface area contributed by atoms with Crippen molar-refractivity contribution >= 4 is 156 Å². The molecule has 9 aromatic carbocycles. The van der Waals surface area contributed by atoms with E-state index in [2.05, 4.69) is 311 Å². The van der Waals surface area contributed by atoms with E-state index in [1.165, 1.54) is 417 Å². The van der Waals surface area contributed by atoms with Crippen LogP contribution in [0.2, 0.25) is 0 Å². The van der Waals surface area contributed by atoms with Crippen LogP contribution in [0.1, 0.15) is 447 Å². The molecule has 13 heteroatoms. The van der Waals surface area contributed by atoms with Crippen molar-refractivity contribution in [3.8, 4) is 41.8 Å². The number of thiophene rings is 4. The molecule has 0 spiro atoms. The highest BCUT2D eigenvalue weighted by molar-refractivity contribution is 9.11. The second kappa shape index (κ2) is 59.6. The third-order valence-electron chi connectivity index (χ3n) is 30.2. The van der Waals surface area contributed by atoms with Gasteiger partial charge in [-0.3, -0.25) is 0 Å². The van der Waals surface area contributed by atoms with Gasteiger partial charge < -0.3 is 9.47 Å². The molecule has 0 bridgehead atoms. The average molecular weight is 2340 g/mol. The van der Waals surface area contributed by atoms with E-state index in [0.29, 0.717) is 11.1 Å². The summed E-state index contributed by atoms with van der Waals surface area (Å²) >= 11 is 26.5. The summed E-state index contributed by atoms with van der Waals surface area (Å²) in [5, 5.41) is 0. The van der Waals surface area contributed by atoms with Crippen molar-refractivity contribution < 1.29 is 19.1 Å². The topological polar surface area (TPSA) is 52.6 Å². The van der Waals surface area contributed by atoms with E-state index in [4.69, 9.17) is 9.47 Å². The maximum atomic E-state index is 12.2. The number of benzene rings is 9. The number of halogens is 5. The zero-order chi connectivity index (χ0) is 103. The first kappa shape index (κ1) is 116. The van der Waals surface area contributed by atoms with E-state index in [9.17, 15) is 9.59 Å². The van der Waals surface area contributed by atoms with Crippen molar-refractivity contribution in [2.45, 2.75) is 401 Å². The van der Waals surface area contributed by atoms with Crippen LogP contribution in [0.4, 0.5) is 0 Å². The van der Waals surface area contributed by atoms with Crippen LogP contribution in [-0.2, 0) is 84.5 Å². The third kappa shape index (κ3) is 30.2. The fourth-order valence-corrected chi connectivity index (χ4v) is 30.3. The first-order chi connectivity index (χ1) is 70.7. The summed E-state index contributed by atoms with van der Waals surface area (Å²) < 4.78 is 20.3. The summed E-state index contributed by atoms with van der Waals surface area (Å²) in [5.74, 6) is -0.748. The molecule has 0 radical (unpaired) electrons. The van der Waals surface area contributed by atoms with Crippen LogP contribution in [0.3, 0.4) is 0 Å². The summed E-state index contributed by atoms with van der Waals surface area (Å²) in [5.41, 5.74) is 31.8. The SMILES string of the molecule is CCCCCCc1cc(Br)cc(CCCCCC)c1.CCCCCCc1cc(CCCCCC)cc(C2(c3cc(CCCCCC)cc(CCCCCC)c3)c3cc(Br)ccc3-c3sc4c5c(sc4c32)-c2ccc(Br)cc2C5(c2cc(CCCCCC)cc(CCCCCC)c2)c2cc(CCCCCC)cc(CCCCCC)c2)c1.COC(=O)c1cc(Br)ccc1-c1cc2sc(-c3ccc(Br)cc3C(=O)OC)cc2s1. The summed E-state index contributed by atoms with van der Waals surface area (Å²) in [7, 11) is 2.76. The Labute approximate surface area is 932 Å². The molecule has 0 saturated heterocycles. The highest BCUT2D eigenvalue weighted by Gasteiger charge is 2.55. The zero-order valence-corrected chi connectivity index (χ0v) is 101. The first-order valence-corrected chi connectivity index (χ1v) is 63.8. The molecule has 0 aliphatic heterocycles. The maximum Gasteiger partial charge on any atom is 0.338 e. The van der Waals surface area contributed by atoms with Gasteiger partial charge in [0.2, 0.25) is 0 Å². The lowest BCUT2D eigenvalue weighted by Crippen LogP contribution is -2.30. The molecule has 2 aliphatic rings. The number of ether oxygens (including phenoxy) is 2. The highest BCUT2D eigenvalue weighted by Crippen LogP contribution is 2.69. The van der Waals surface area contributed by atoms with Crippen molar-refractivity contribution in [2.24, 2.45) is 0 Å². The minimum atomic E-state index is -0.556. The molecule has 0 saturated carbocycles. The van der Waals surface area contributed by atoms with Crippen LogP contribution in [-0.4, -0.2) is 26.2 Å². The summed E-state index contributed by atoms with van der Waals surface area (Å²) in [4.78, 5) is 29.4. The minimum Gasteiger partial charge on any atom is -0.465 e. The number of fused-ring (bicyclic) bond motifs is 10. The summed E-state index contributed by atoms with van der Waals surface area (Å²) in [6.45, 7) is 23.5. The van der Waals surface area contributed by atoms with Gasteiger partial charge in [-0.25, -0.2) is 9.59 Å². The average Bonchev–Trinajstić information content (AvgIpc) is 1.48. The van der Waals surface area contributed by atoms with Gasteiger partial charge in [0.1, 0.15) is 0 Å². The molecule has 776 valence electrons. The predicted octanol–water partition coefficient (Wildman–Crippen LogP) is 44.3. The molecule has 15 rings (SSSR count). The number of carbonyl (C=O) groups excluding carboxylic acids is 2. The fourth-order valence-electron chi connectivity index (χ4n) is 22.6. The van der Waals surface area contributed by atoms with Gasteiger partial charge in [-0.1, -0.05) is 445 Å². The smallest absolute Gasteiger partial charge is 0.338 e. The lowest BCUT2D eigenvalue weighted by atomic mass is 9.65. The van der Waals surface area contributed by atoms with E-state index in [0.717, 1.165) is 90.6 Å². The maximum absolute atomic E-state index is 12.2. The standard InChI is InChI=1S/C92H122Br2S2.C22H14Br2O4S2.C18H29Br/c1-9-17-25-33-41-67-53-68(42-34-26-18-10-2)58-75(57-67)91(76-59-69(43-35-27-19-11-3)54-70(60-76)44-36-28-20-12-4)83-65-79(93)49-51-81(83)87-85(91)89-90(95-87)86-88(96-89)82-52-50-80(94)66-84(82)92(86,77-61-71(45-37-29-21-13-5)55-72(62-77)46-38-30-22-14-6)78-63-73(47-39-31-23-15-7)56-74(64-78)48-40-32-24-16-8;1-27-21(25)15-7-11(23)3-5-13(15)17-9-19-20(29-17)10-18(30-19)14-6-4-12(24)8-16(14)22(26)28-2;1-3-5-7-9-11-16-13-17(15-18(19)14-16)12-10-8-6-4-2/h49-66H,9-48H2,1-8H3;3-10H,1-2H3;13-15H,3-12H2,1-2H3. The highest BCUT2D eigenvalue weighted by atomic mass is 79.9. The lowest BCUT2D eigenvalue weighted by Gasteiger charge is -2.36. The van der Waals surface area contributed by atoms with E-state index in [1.54, 1.807) is 45.9 Å². The molecule has 145 heavy (non-hydrogen) atoms. The Kier molecular flexibility index (Phi) is 47.6. The van der Waals surface area contributed by atoms with Crippen LogP contribution in [0.15, 0.2) is 198 Å². The fraction of sp³-hybridized carbons (Fsp3) is 0.485. The number of methoxy groups -OCH3 is 2. The largest absolute Gasteiger partial charge is 0.465 e. The summed E-state index contributed by atoms with van der Waals surface area (Å²) in [6, 6.07) is 70.1. The van der Waals surface area contributed by atoms with E-state index in [1.807, 2.05) is 24.3 Å². The molecule has 0 amide bonds. The van der Waals surface area contributed by atoms with Crippen molar-refractivity contribution in [2.75, 3.05) is 14.2 Å². The zero-order valence-electron chi connectivity index (χ0n) is 89.8. The number of hydrogen-bond acceptors (Lipinski definition) is 8. The molecule has 2 aliphatic carbocycles. The molecular formula is C132H165Br5O4S4. The Morgan fingerprint density at radius 1 is 0.234 bits per heavy atom. The molecule has 4 heterocycles. The van der Waals surface area contributed by atoms with Gasteiger partial charge in [0, 0.05) is 73.5 Å². The van der Waals surface area contributed by atoms with Crippen molar-refractivity contribution in [1.82, 2.24) is 0 Å². The molecular weight excluding hydrogens is 2180 g/mol. The van der Waals surface area contributed by atoms with E-state index < -0.39 is 10.8 Å². The van der Waals surface area contributed by atoms with E-state index in [-0.39, 0.29) is 11.9 Å². The molecule has 0 N–H and O–H groups in total. The van der Waals surface area contributed by atoms with Gasteiger partial charge in [0.25, 0.3) is 0 Å². The Bertz CT molecular complexity index is 5650. The second-order valence-electron chi connectivity index (χ2n) is 41.7. The number of aryl methyl sites for hydroxylation is 10. The Morgan fingerprint density at radius 3 is 0.669 bits per heavy atom. The number of carbonyl (C=O) groups is 2. The quantitative estimate of drug-likeness (QED) is 0.0282. The Morgan fingerprint density at radius 2 is 0.448 bits per heavy atom. The molecule has 0 fully saturated rings. The lowest BCUT2D eigenvalue weighted by molar-refractivity contribution is 0.0592. The Balaban J connectivity index is 0.000000289. The first-order valence-electron chi connectivity index (χ1n) is 56.6. The molecule has 13 aromatic rings. The third-order valence-corrected chi connectivity index (χ3v) is 37.6. The number of esters is 2. The van der Waals surface area contributed by atoms with Gasteiger partial charge >= 0.3 is 11.9 Å². The number of rotatable bonds is 58. The normalized spacial score (nSPS) is 12.6. The van der Waals surface area contributed by atoms with Crippen molar-refractivity contribution in [1.29, 1.82) is 0 Å². The van der Waals surface area contributed by atoms with Crippen molar-refractivity contribution in [3.05, 3.63) is 310 Å². The van der Waals surface area contributed by atoms with Gasteiger partial charge in [-0.05, 0) is 301 Å². The molecule has 4 aromatic heterocycles. The number of unbranched alkanes of at least 4 members (excludes halogenated alkanes) is 30. The van der Waals surface area contributed by atoms with Gasteiger partial charge in [0.05, 0.1) is 45.6 Å². The van der Waals surface area contributed by atoms with Crippen LogP contribution >= 0.6 is 125 Å². The predicted molar refractivity (Wildman–Crippen MR) is 651 cm³/mol. The molecule has 4 nitrogen and oxygen atoms in total.